The minimum Gasteiger partial charge on any atom is -0.359 e. The van der Waals surface area contributed by atoms with Crippen LogP contribution >= 0.6 is 0 Å². The van der Waals surface area contributed by atoms with E-state index in [1.54, 1.807) is 6.33 Å². The fraction of sp³-hybridized carbons (Fsp3) is 0.667. The topological polar surface area (TPSA) is 41.0 Å². The van der Waals surface area contributed by atoms with Gasteiger partial charge in [-0.15, -0.1) is 0 Å². The van der Waals surface area contributed by atoms with E-state index in [1.165, 1.54) is 0 Å². The summed E-state index contributed by atoms with van der Waals surface area (Å²) < 4.78 is 0. The molecule has 0 amide bonds. The Morgan fingerprint density at radius 2 is 2.19 bits per heavy atom. The van der Waals surface area contributed by atoms with Crippen LogP contribution in [0.5, 0.6) is 0 Å². The van der Waals surface area contributed by atoms with Gasteiger partial charge in [0.2, 0.25) is 0 Å². The van der Waals surface area contributed by atoms with Gasteiger partial charge in [-0.2, -0.15) is 0 Å². The summed E-state index contributed by atoms with van der Waals surface area (Å²) in [5.74, 6) is 1.62. The number of anilines is 1. The van der Waals surface area contributed by atoms with Crippen molar-refractivity contribution in [3.8, 4) is 0 Å². The molecular formula is C12H22N4. The SMILES string of the molecule is CCc1cc(N(C)CC(C)CNC)ncn1. The number of rotatable bonds is 6. The van der Waals surface area contributed by atoms with E-state index in [0.29, 0.717) is 5.92 Å². The Labute approximate surface area is 98.1 Å². The molecule has 0 fully saturated rings. The van der Waals surface area contributed by atoms with Crippen LogP contribution in [0.25, 0.3) is 0 Å². The third kappa shape index (κ3) is 3.77. The Morgan fingerprint density at radius 3 is 2.81 bits per heavy atom. The number of nitrogens with zero attached hydrogens (tertiary/aromatic N) is 3. The summed E-state index contributed by atoms with van der Waals surface area (Å²) in [7, 11) is 4.06. The van der Waals surface area contributed by atoms with Gasteiger partial charge in [0.1, 0.15) is 12.1 Å². The molecule has 1 N–H and O–H groups in total. The van der Waals surface area contributed by atoms with Gasteiger partial charge in [-0.1, -0.05) is 13.8 Å². The average Bonchev–Trinajstić information content (AvgIpc) is 2.29. The van der Waals surface area contributed by atoms with E-state index in [1.807, 2.05) is 7.05 Å². The van der Waals surface area contributed by atoms with Crippen molar-refractivity contribution in [2.24, 2.45) is 5.92 Å². The number of aryl methyl sites for hydroxylation is 1. The second kappa shape index (κ2) is 6.43. The first-order valence-corrected chi connectivity index (χ1v) is 5.84. The number of hydrogen-bond donors (Lipinski definition) is 1. The second-order valence-corrected chi connectivity index (χ2v) is 4.26. The lowest BCUT2D eigenvalue weighted by molar-refractivity contribution is 0.540. The number of aromatic nitrogens is 2. The third-order valence-electron chi connectivity index (χ3n) is 2.60. The van der Waals surface area contributed by atoms with Crippen LogP contribution in [0.15, 0.2) is 12.4 Å². The van der Waals surface area contributed by atoms with Crippen molar-refractivity contribution >= 4 is 5.82 Å². The molecule has 90 valence electrons. The van der Waals surface area contributed by atoms with E-state index in [-0.39, 0.29) is 0 Å². The molecule has 0 saturated heterocycles. The molecule has 0 aliphatic heterocycles. The molecule has 1 heterocycles. The van der Waals surface area contributed by atoms with Crippen LogP contribution in [-0.4, -0.2) is 37.2 Å². The molecule has 16 heavy (non-hydrogen) atoms. The van der Waals surface area contributed by atoms with Crippen LogP contribution in [-0.2, 0) is 6.42 Å². The Kier molecular flexibility index (Phi) is 5.19. The summed E-state index contributed by atoms with van der Waals surface area (Å²) in [6.45, 7) is 6.36. The maximum Gasteiger partial charge on any atom is 0.131 e. The molecule has 0 aliphatic carbocycles. The summed E-state index contributed by atoms with van der Waals surface area (Å²) >= 11 is 0. The van der Waals surface area contributed by atoms with Crippen LogP contribution in [0.3, 0.4) is 0 Å². The van der Waals surface area contributed by atoms with Crippen LogP contribution in [0.4, 0.5) is 5.82 Å². The summed E-state index contributed by atoms with van der Waals surface area (Å²) in [6.07, 6.45) is 2.60. The molecule has 1 rings (SSSR count). The van der Waals surface area contributed by atoms with Crippen LogP contribution < -0.4 is 10.2 Å². The van der Waals surface area contributed by atoms with Crippen molar-refractivity contribution in [3.63, 3.8) is 0 Å². The molecule has 0 radical (unpaired) electrons. The maximum absolute atomic E-state index is 4.29. The van der Waals surface area contributed by atoms with E-state index in [4.69, 9.17) is 0 Å². The Balaban J connectivity index is 2.61. The normalized spacial score (nSPS) is 12.5. The van der Waals surface area contributed by atoms with Crippen molar-refractivity contribution in [1.29, 1.82) is 0 Å². The summed E-state index contributed by atoms with van der Waals surface area (Å²) in [5, 5.41) is 3.19. The zero-order chi connectivity index (χ0) is 12.0. The first-order valence-electron chi connectivity index (χ1n) is 5.84. The average molecular weight is 222 g/mol. The predicted octanol–water partition coefficient (Wildman–Crippen LogP) is 1.33. The highest BCUT2D eigenvalue weighted by Crippen LogP contribution is 2.11. The smallest absolute Gasteiger partial charge is 0.131 e. The van der Waals surface area contributed by atoms with Gasteiger partial charge in [-0.05, 0) is 25.9 Å². The monoisotopic (exact) mass is 222 g/mol. The van der Waals surface area contributed by atoms with Crippen LogP contribution in [0.2, 0.25) is 0 Å². The van der Waals surface area contributed by atoms with Crippen LogP contribution in [0, 0.1) is 5.92 Å². The van der Waals surface area contributed by atoms with E-state index in [2.05, 4.69) is 47.1 Å². The molecular weight excluding hydrogens is 200 g/mol. The minimum atomic E-state index is 0.607. The van der Waals surface area contributed by atoms with Crippen molar-refractivity contribution in [1.82, 2.24) is 15.3 Å². The van der Waals surface area contributed by atoms with Crippen molar-refractivity contribution in [2.45, 2.75) is 20.3 Å². The van der Waals surface area contributed by atoms with E-state index < -0.39 is 0 Å². The molecule has 4 heteroatoms. The minimum absolute atomic E-state index is 0.607. The lowest BCUT2D eigenvalue weighted by atomic mass is 10.1. The summed E-state index contributed by atoms with van der Waals surface area (Å²) in [5.41, 5.74) is 1.10. The molecule has 0 aromatic carbocycles. The van der Waals surface area contributed by atoms with Gasteiger partial charge in [0.25, 0.3) is 0 Å². The Hall–Kier alpha value is -1.16. The van der Waals surface area contributed by atoms with Crippen LogP contribution in [0.1, 0.15) is 19.5 Å². The maximum atomic E-state index is 4.29. The highest BCUT2D eigenvalue weighted by molar-refractivity contribution is 5.37. The first kappa shape index (κ1) is 12.9. The first-order chi connectivity index (χ1) is 7.67. The molecule has 0 spiro atoms. The van der Waals surface area contributed by atoms with Gasteiger partial charge in [-0.3, -0.25) is 0 Å². The molecule has 0 saturated carbocycles. The fourth-order valence-electron chi connectivity index (χ4n) is 1.76. The van der Waals surface area contributed by atoms with Gasteiger partial charge < -0.3 is 10.2 Å². The van der Waals surface area contributed by atoms with Gasteiger partial charge in [0, 0.05) is 25.4 Å². The third-order valence-corrected chi connectivity index (χ3v) is 2.60. The Morgan fingerprint density at radius 1 is 1.44 bits per heavy atom. The van der Waals surface area contributed by atoms with E-state index >= 15 is 0 Å². The van der Waals surface area contributed by atoms with Gasteiger partial charge in [0.15, 0.2) is 0 Å². The molecule has 1 aromatic heterocycles. The zero-order valence-corrected chi connectivity index (χ0v) is 10.7. The molecule has 1 unspecified atom stereocenters. The molecule has 1 atom stereocenters. The lowest BCUT2D eigenvalue weighted by Gasteiger charge is -2.22. The van der Waals surface area contributed by atoms with Gasteiger partial charge >= 0.3 is 0 Å². The lowest BCUT2D eigenvalue weighted by Crippen LogP contribution is -2.30. The molecule has 0 bridgehead atoms. The van der Waals surface area contributed by atoms with Crippen molar-refractivity contribution in [3.05, 3.63) is 18.1 Å². The number of hydrogen-bond acceptors (Lipinski definition) is 4. The molecule has 0 aliphatic rings. The van der Waals surface area contributed by atoms with E-state index in [0.717, 1.165) is 31.0 Å². The number of nitrogens with one attached hydrogen (secondary N) is 1. The standard InChI is InChI=1S/C12H22N4/c1-5-11-6-12(15-9-14-11)16(4)8-10(2)7-13-3/h6,9-10,13H,5,7-8H2,1-4H3. The van der Waals surface area contributed by atoms with Gasteiger partial charge in [0.05, 0.1) is 0 Å². The summed E-state index contributed by atoms with van der Waals surface area (Å²) in [6, 6.07) is 2.06. The predicted molar refractivity (Wildman–Crippen MR) is 67.8 cm³/mol. The quantitative estimate of drug-likeness (QED) is 0.788. The second-order valence-electron chi connectivity index (χ2n) is 4.26. The highest BCUT2D eigenvalue weighted by Gasteiger charge is 2.08. The highest BCUT2D eigenvalue weighted by atomic mass is 15.2. The largest absolute Gasteiger partial charge is 0.359 e. The molecule has 1 aromatic rings. The van der Waals surface area contributed by atoms with Crippen molar-refractivity contribution < 1.29 is 0 Å². The van der Waals surface area contributed by atoms with Gasteiger partial charge in [-0.25, -0.2) is 9.97 Å². The fourth-order valence-corrected chi connectivity index (χ4v) is 1.76. The van der Waals surface area contributed by atoms with E-state index in [9.17, 15) is 0 Å². The van der Waals surface area contributed by atoms with Crippen molar-refractivity contribution in [2.75, 3.05) is 32.1 Å². The zero-order valence-electron chi connectivity index (χ0n) is 10.7. The molecule has 4 nitrogen and oxygen atoms in total. The Bertz CT molecular complexity index is 314. The summed E-state index contributed by atoms with van der Waals surface area (Å²) in [4.78, 5) is 10.7.